The molecule has 0 aliphatic carbocycles. The monoisotopic (exact) mass is 352 g/mol. The van der Waals surface area contributed by atoms with Gasteiger partial charge in [-0.3, -0.25) is 9.78 Å². The van der Waals surface area contributed by atoms with E-state index in [1.807, 2.05) is 0 Å². The lowest BCUT2D eigenvalue weighted by Crippen LogP contribution is -2.21. The molecule has 1 amide bonds. The van der Waals surface area contributed by atoms with E-state index in [9.17, 15) is 13.2 Å². The first-order chi connectivity index (χ1) is 10.8. The fourth-order valence-corrected chi connectivity index (χ4v) is 2.77. The summed E-state index contributed by atoms with van der Waals surface area (Å²) >= 11 is 5.77. The van der Waals surface area contributed by atoms with E-state index in [0.29, 0.717) is 11.4 Å². The number of nitrogens with one attached hydrogen (secondary N) is 1. The number of rotatable bonds is 4. The van der Waals surface area contributed by atoms with Gasteiger partial charge in [0.15, 0.2) is 0 Å². The number of carbonyl (C=O) groups excluding carboxylic acids is 1. The lowest BCUT2D eigenvalue weighted by atomic mass is 10.2. The van der Waals surface area contributed by atoms with Crippen molar-refractivity contribution in [2.24, 2.45) is 10.2 Å². The number of primary sulfonamides is 1. The number of nitrogens with zero attached hydrogens (tertiary/aromatic N) is 2. The number of hydrogen-bond acceptors (Lipinski definition) is 5. The SMILES string of the molecule is C/C(=N/NC(=O)c1ccc(Cl)c(S(N)(=O)=O)c1)c1ccccn1. The first-order valence-electron chi connectivity index (χ1n) is 6.37. The molecular formula is C14H13ClN4O3S. The summed E-state index contributed by atoms with van der Waals surface area (Å²) in [6, 6.07) is 9.05. The second-order valence-corrected chi connectivity index (χ2v) is 6.48. The third kappa shape index (κ3) is 4.35. The number of benzene rings is 1. The van der Waals surface area contributed by atoms with Crippen molar-refractivity contribution in [3.63, 3.8) is 0 Å². The molecule has 0 radical (unpaired) electrons. The number of carbonyl (C=O) groups is 1. The maximum absolute atomic E-state index is 12.1. The van der Waals surface area contributed by atoms with Gasteiger partial charge in [-0.2, -0.15) is 5.10 Å². The number of pyridine rings is 1. The van der Waals surface area contributed by atoms with Crippen molar-refractivity contribution in [2.45, 2.75) is 11.8 Å². The standard InChI is InChI=1S/C14H13ClN4O3S/c1-9(12-4-2-3-7-17-12)18-19-14(20)10-5-6-11(15)13(8-10)23(16,21)22/h2-8H,1H3,(H,19,20)(H2,16,21,22)/b18-9-. The summed E-state index contributed by atoms with van der Waals surface area (Å²) in [5.41, 5.74) is 3.50. The molecule has 7 nitrogen and oxygen atoms in total. The molecular weight excluding hydrogens is 340 g/mol. The van der Waals surface area contributed by atoms with Crippen LogP contribution < -0.4 is 10.6 Å². The Kier molecular flexibility index (Phi) is 5.09. The Morgan fingerprint density at radius 3 is 2.65 bits per heavy atom. The van der Waals surface area contributed by atoms with Gasteiger partial charge in [-0.15, -0.1) is 0 Å². The highest BCUT2D eigenvalue weighted by Crippen LogP contribution is 2.21. The summed E-state index contributed by atoms with van der Waals surface area (Å²) in [5, 5.41) is 8.91. The molecule has 0 spiro atoms. The van der Waals surface area contributed by atoms with Crippen LogP contribution in [0.2, 0.25) is 5.02 Å². The number of hydrogen-bond donors (Lipinski definition) is 2. The number of sulfonamides is 1. The van der Waals surface area contributed by atoms with Crippen molar-refractivity contribution >= 4 is 33.2 Å². The average Bonchev–Trinajstić information content (AvgIpc) is 2.52. The van der Waals surface area contributed by atoms with E-state index in [0.717, 1.165) is 6.07 Å². The molecule has 9 heteroatoms. The highest BCUT2D eigenvalue weighted by molar-refractivity contribution is 7.89. The van der Waals surface area contributed by atoms with E-state index in [1.165, 1.54) is 12.1 Å². The summed E-state index contributed by atoms with van der Waals surface area (Å²) in [6.45, 7) is 1.68. The Balaban J connectivity index is 2.22. The lowest BCUT2D eigenvalue weighted by molar-refractivity contribution is 0.0954. The van der Waals surface area contributed by atoms with E-state index in [2.05, 4.69) is 15.5 Å². The molecule has 0 saturated carbocycles. The zero-order chi connectivity index (χ0) is 17.0. The molecule has 3 N–H and O–H groups in total. The second kappa shape index (κ2) is 6.86. The predicted octanol–water partition coefficient (Wildman–Crippen LogP) is 1.54. The van der Waals surface area contributed by atoms with Crippen LogP contribution in [0.3, 0.4) is 0 Å². The maximum atomic E-state index is 12.1. The molecule has 2 rings (SSSR count). The Labute approximate surface area is 138 Å². The molecule has 0 fully saturated rings. The molecule has 0 aliphatic heterocycles. The molecule has 23 heavy (non-hydrogen) atoms. The maximum Gasteiger partial charge on any atom is 0.271 e. The van der Waals surface area contributed by atoms with Crippen LogP contribution >= 0.6 is 11.6 Å². The molecule has 2 aromatic rings. The van der Waals surface area contributed by atoms with Crippen LogP contribution in [0.25, 0.3) is 0 Å². The Bertz CT molecular complexity index is 867. The molecule has 1 aromatic heterocycles. The molecule has 0 aliphatic rings. The first-order valence-corrected chi connectivity index (χ1v) is 8.30. The second-order valence-electron chi connectivity index (χ2n) is 4.54. The van der Waals surface area contributed by atoms with Gasteiger partial charge in [0.1, 0.15) is 4.90 Å². The first kappa shape index (κ1) is 17.1. The zero-order valence-electron chi connectivity index (χ0n) is 12.0. The number of hydrazone groups is 1. The van der Waals surface area contributed by atoms with E-state index in [4.69, 9.17) is 16.7 Å². The van der Waals surface area contributed by atoms with Crippen molar-refractivity contribution in [1.82, 2.24) is 10.4 Å². The van der Waals surface area contributed by atoms with Gasteiger partial charge in [0.05, 0.1) is 16.4 Å². The van der Waals surface area contributed by atoms with Crippen LogP contribution in [0, 0.1) is 0 Å². The van der Waals surface area contributed by atoms with E-state index in [-0.39, 0.29) is 15.5 Å². The summed E-state index contributed by atoms with van der Waals surface area (Å²) in [6.07, 6.45) is 1.60. The van der Waals surface area contributed by atoms with Gasteiger partial charge in [0.25, 0.3) is 5.91 Å². The summed E-state index contributed by atoms with van der Waals surface area (Å²) < 4.78 is 22.8. The van der Waals surface area contributed by atoms with Crippen molar-refractivity contribution in [2.75, 3.05) is 0 Å². The highest BCUT2D eigenvalue weighted by atomic mass is 35.5. The van der Waals surface area contributed by atoms with Gasteiger partial charge in [0, 0.05) is 11.8 Å². The molecule has 1 aromatic carbocycles. The van der Waals surface area contributed by atoms with Crippen LogP contribution in [0.4, 0.5) is 0 Å². The number of amides is 1. The van der Waals surface area contributed by atoms with Gasteiger partial charge < -0.3 is 0 Å². The van der Waals surface area contributed by atoms with Crippen LogP contribution in [0.1, 0.15) is 23.0 Å². The summed E-state index contributed by atoms with van der Waals surface area (Å²) in [5.74, 6) is -0.596. The molecule has 1 heterocycles. The van der Waals surface area contributed by atoms with Gasteiger partial charge in [-0.1, -0.05) is 17.7 Å². The largest absolute Gasteiger partial charge is 0.271 e. The zero-order valence-corrected chi connectivity index (χ0v) is 13.6. The van der Waals surface area contributed by atoms with E-state index in [1.54, 1.807) is 31.3 Å². The van der Waals surface area contributed by atoms with Crippen molar-refractivity contribution < 1.29 is 13.2 Å². The molecule has 0 saturated heterocycles. The van der Waals surface area contributed by atoms with Gasteiger partial charge in [-0.25, -0.2) is 19.0 Å². The molecule has 120 valence electrons. The number of halogens is 1. The Morgan fingerprint density at radius 1 is 1.30 bits per heavy atom. The smallest absolute Gasteiger partial charge is 0.267 e. The lowest BCUT2D eigenvalue weighted by Gasteiger charge is -2.06. The van der Waals surface area contributed by atoms with Crippen molar-refractivity contribution in [3.8, 4) is 0 Å². The van der Waals surface area contributed by atoms with Crippen molar-refractivity contribution in [1.29, 1.82) is 0 Å². The topological polar surface area (TPSA) is 115 Å². The third-order valence-electron chi connectivity index (χ3n) is 2.86. The predicted molar refractivity (Wildman–Crippen MR) is 86.7 cm³/mol. The quantitative estimate of drug-likeness (QED) is 0.641. The molecule has 0 unspecified atom stereocenters. The Morgan fingerprint density at radius 2 is 2.04 bits per heavy atom. The minimum absolute atomic E-state index is 0.0581. The number of nitrogens with two attached hydrogens (primary N) is 1. The normalized spacial score (nSPS) is 12.0. The molecule has 0 atom stereocenters. The van der Waals surface area contributed by atoms with E-state index < -0.39 is 15.9 Å². The van der Waals surface area contributed by atoms with Crippen LogP contribution in [0.15, 0.2) is 52.6 Å². The minimum Gasteiger partial charge on any atom is -0.267 e. The van der Waals surface area contributed by atoms with Crippen LogP contribution in [-0.4, -0.2) is 25.0 Å². The fourth-order valence-electron chi connectivity index (χ4n) is 1.70. The summed E-state index contributed by atoms with van der Waals surface area (Å²) in [7, 11) is -4.02. The fraction of sp³-hybridized carbons (Fsp3) is 0.0714. The minimum atomic E-state index is -4.02. The van der Waals surface area contributed by atoms with Crippen LogP contribution in [-0.2, 0) is 10.0 Å². The Hall–Kier alpha value is -2.29. The van der Waals surface area contributed by atoms with Crippen molar-refractivity contribution in [3.05, 3.63) is 58.9 Å². The van der Waals surface area contributed by atoms with Crippen LogP contribution in [0.5, 0.6) is 0 Å². The van der Waals surface area contributed by atoms with E-state index >= 15 is 0 Å². The number of aromatic nitrogens is 1. The third-order valence-corrected chi connectivity index (χ3v) is 4.25. The van der Waals surface area contributed by atoms with Gasteiger partial charge in [-0.05, 0) is 37.3 Å². The highest BCUT2D eigenvalue weighted by Gasteiger charge is 2.16. The average molecular weight is 353 g/mol. The summed E-state index contributed by atoms with van der Waals surface area (Å²) in [4.78, 5) is 15.8. The van der Waals surface area contributed by atoms with Gasteiger partial charge in [0.2, 0.25) is 10.0 Å². The van der Waals surface area contributed by atoms with Gasteiger partial charge >= 0.3 is 0 Å². The molecule has 0 bridgehead atoms.